The molecule has 0 bridgehead atoms. The summed E-state index contributed by atoms with van der Waals surface area (Å²) in [5, 5.41) is 5.59. The maximum Gasteiger partial charge on any atom is 0.253 e. The van der Waals surface area contributed by atoms with Crippen LogP contribution in [0.25, 0.3) is 0 Å². The highest BCUT2D eigenvalue weighted by molar-refractivity contribution is 6.03. The fraction of sp³-hybridized carbons (Fsp3) is 0.182. The molecule has 2 N–H and O–H groups in total. The summed E-state index contributed by atoms with van der Waals surface area (Å²) in [4.78, 5) is 24.7. The normalized spacial score (nSPS) is 10.3. The molecule has 0 saturated heterocycles. The van der Waals surface area contributed by atoms with Crippen molar-refractivity contribution in [3.05, 3.63) is 84.3 Å². The number of carbonyl (C=O) groups is 2. The first kappa shape index (κ1) is 19.2. The van der Waals surface area contributed by atoms with Gasteiger partial charge in [-0.2, -0.15) is 0 Å². The Morgan fingerprint density at radius 2 is 1.71 bits per heavy atom. The van der Waals surface area contributed by atoms with Crippen LogP contribution >= 0.6 is 0 Å². The van der Waals surface area contributed by atoms with Crippen LogP contribution in [-0.4, -0.2) is 18.4 Å². The number of anilines is 1. The predicted molar refractivity (Wildman–Crippen MR) is 106 cm³/mol. The maximum absolute atomic E-state index is 12.4. The molecule has 6 nitrogen and oxygen atoms in total. The molecule has 0 fully saturated rings. The van der Waals surface area contributed by atoms with Crippen molar-refractivity contribution in [2.45, 2.75) is 19.4 Å². The third-order valence-electron chi connectivity index (χ3n) is 4.01. The van der Waals surface area contributed by atoms with E-state index in [0.29, 0.717) is 36.5 Å². The van der Waals surface area contributed by atoms with Crippen LogP contribution in [0.3, 0.4) is 0 Å². The minimum atomic E-state index is -0.278. The van der Waals surface area contributed by atoms with E-state index in [2.05, 4.69) is 10.6 Å². The van der Waals surface area contributed by atoms with Crippen molar-refractivity contribution >= 4 is 17.5 Å². The lowest BCUT2D eigenvalue weighted by Gasteiger charge is -2.11. The smallest absolute Gasteiger partial charge is 0.253 e. The van der Waals surface area contributed by atoms with Crippen LogP contribution < -0.4 is 15.4 Å². The monoisotopic (exact) mass is 378 g/mol. The molecule has 28 heavy (non-hydrogen) atoms. The second kappa shape index (κ2) is 9.97. The van der Waals surface area contributed by atoms with Gasteiger partial charge in [0.2, 0.25) is 5.91 Å². The molecule has 2 aromatic carbocycles. The molecule has 144 valence electrons. The summed E-state index contributed by atoms with van der Waals surface area (Å²) in [6, 6.07) is 19.9. The molecule has 0 saturated carbocycles. The average molecular weight is 378 g/mol. The molecule has 1 aromatic heterocycles. The quantitative estimate of drug-likeness (QED) is 0.552. The SMILES string of the molecule is O=C(CCCOc1ccccc1)Nc1ccccc1C(=O)NCc1ccco1. The van der Waals surface area contributed by atoms with Gasteiger partial charge in [-0.15, -0.1) is 0 Å². The van der Waals surface area contributed by atoms with E-state index in [1.165, 1.54) is 0 Å². The first-order chi connectivity index (χ1) is 13.7. The van der Waals surface area contributed by atoms with E-state index in [9.17, 15) is 9.59 Å². The fourth-order valence-corrected chi connectivity index (χ4v) is 2.62. The molecule has 0 unspecified atom stereocenters. The maximum atomic E-state index is 12.4. The van der Waals surface area contributed by atoms with Gasteiger partial charge in [-0.3, -0.25) is 9.59 Å². The Morgan fingerprint density at radius 3 is 2.50 bits per heavy atom. The molecule has 2 amide bonds. The number of nitrogens with one attached hydrogen (secondary N) is 2. The van der Waals surface area contributed by atoms with Crippen LogP contribution in [0.5, 0.6) is 5.75 Å². The topological polar surface area (TPSA) is 80.6 Å². The highest BCUT2D eigenvalue weighted by Gasteiger charge is 2.13. The van der Waals surface area contributed by atoms with Gasteiger partial charge in [0.25, 0.3) is 5.91 Å². The van der Waals surface area contributed by atoms with E-state index in [-0.39, 0.29) is 18.4 Å². The van der Waals surface area contributed by atoms with Gasteiger partial charge in [0.15, 0.2) is 0 Å². The summed E-state index contributed by atoms with van der Waals surface area (Å²) < 4.78 is 10.8. The van der Waals surface area contributed by atoms with Crippen molar-refractivity contribution < 1.29 is 18.7 Å². The number of amides is 2. The van der Waals surface area contributed by atoms with Crippen molar-refractivity contribution in [3.63, 3.8) is 0 Å². The van der Waals surface area contributed by atoms with Gasteiger partial charge in [0, 0.05) is 6.42 Å². The number of ether oxygens (including phenoxy) is 1. The molecule has 0 aliphatic carbocycles. The number of rotatable bonds is 9. The standard InChI is InChI=1S/C22H22N2O4/c25-21(13-7-15-27-17-8-2-1-3-9-17)24-20-12-5-4-11-19(20)22(26)23-16-18-10-6-14-28-18/h1-6,8-12,14H,7,13,15-16H2,(H,23,26)(H,24,25). The second-order valence-corrected chi connectivity index (χ2v) is 6.12. The summed E-state index contributed by atoms with van der Waals surface area (Å²) in [6.45, 7) is 0.730. The van der Waals surface area contributed by atoms with E-state index >= 15 is 0 Å². The Morgan fingerprint density at radius 1 is 0.929 bits per heavy atom. The molecule has 0 atom stereocenters. The summed E-state index contributed by atoms with van der Waals surface area (Å²) in [7, 11) is 0. The van der Waals surface area contributed by atoms with Crippen molar-refractivity contribution in [1.82, 2.24) is 5.32 Å². The molecular weight excluding hydrogens is 356 g/mol. The average Bonchev–Trinajstić information content (AvgIpc) is 3.24. The summed E-state index contributed by atoms with van der Waals surface area (Å²) in [6.07, 6.45) is 2.43. The zero-order valence-electron chi connectivity index (χ0n) is 15.4. The van der Waals surface area contributed by atoms with E-state index < -0.39 is 0 Å². The van der Waals surface area contributed by atoms with Crippen molar-refractivity contribution in [2.75, 3.05) is 11.9 Å². The van der Waals surface area contributed by atoms with Gasteiger partial charge < -0.3 is 19.8 Å². The van der Waals surface area contributed by atoms with Gasteiger partial charge in [-0.05, 0) is 42.8 Å². The van der Waals surface area contributed by atoms with Crippen LogP contribution in [0.15, 0.2) is 77.4 Å². The number of hydrogen-bond acceptors (Lipinski definition) is 4. The Kier molecular flexibility index (Phi) is 6.84. The lowest BCUT2D eigenvalue weighted by Crippen LogP contribution is -2.24. The minimum Gasteiger partial charge on any atom is -0.494 e. The molecule has 1 heterocycles. The molecule has 0 aliphatic heterocycles. The first-order valence-corrected chi connectivity index (χ1v) is 9.09. The van der Waals surface area contributed by atoms with Crippen molar-refractivity contribution in [1.29, 1.82) is 0 Å². The molecule has 3 aromatic rings. The summed E-state index contributed by atoms with van der Waals surface area (Å²) in [5.74, 6) is 0.998. The Hall–Kier alpha value is -3.54. The Labute approximate surface area is 163 Å². The third kappa shape index (κ3) is 5.74. The van der Waals surface area contributed by atoms with Crippen molar-refractivity contribution in [2.24, 2.45) is 0 Å². The zero-order chi connectivity index (χ0) is 19.6. The van der Waals surface area contributed by atoms with E-state index in [4.69, 9.17) is 9.15 Å². The van der Waals surface area contributed by atoms with E-state index in [1.807, 2.05) is 30.3 Å². The first-order valence-electron chi connectivity index (χ1n) is 9.09. The van der Waals surface area contributed by atoms with E-state index in [0.717, 1.165) is 5.75 Å². The van der Waals surface area contributed by atoms with Gasteiger partial charge in [0.05, 0.1) is 30.7 Å². The van der Waals surface area contributed by atoms with Gasteiger partial charge in [-0.25, -0.2) is 0 Å². The molecular formula is C22H22N2O4. The highest BCUT2D eigenvalue weighted by Crippen LogP contribution is 2.16. The highest BCUT2D eigenvalue weighted by atomic mass is 16.5. The minimum absolute atomic E-state index is 0.164. The largest absolute Gasteiger partial charge is 0.494 e. The predicted octanol–water partition coefficient (Wildman–Crippen LogP) is 4.01. The Balaban J connectivity index is 1.48. The molecule has 0 spiro atoms. The fourth-order valence-electron chi connectivity index (χ4n) is 2.62. The number of furan rings is 1. The van der Waals surface area contributed by atoms with E-state index in [1.54, 1.807) is 42.7 Å². The van der Waals surface area contributed by atoms with Crippen LogP contribution in [0.4, 0.5) is 5.69 Å². The summed E-state index contributed by atoms with van der Waals surface area (Å²) in [5.41, 5.74) is 0.886. The third-order valence-corrected chi connectivity index (χ3v) is 4.01. The second-order valence-electron chi connectivity index (χ2n) is 6.12. The lowest BCUT2D eigenvalue weighted by molar-refractivity contribution is -0.116. The number of benzene rings is 2. The molecule has 6 heteroatoms. The molecule has 0 aliphatic rings. The number of para-hydroxylation sites is 2. The van der Waals surface area contributed by atoms with Crippen LogP contribution in [0, 0.1) is 0 Å². The van der Waals surface area contributed by atoms with Crippen LogP contribution in [0.2, 0.25) is 0 Å². The molecule has 3 rings (SSSR count). The lowest BCUT2D eigenvalue weighted by atomic mass is 10.1. The van der Waals surface area contributed by atoms with Gasteiger partial charge in [-0.1, -0.05) is 30.3 Å². The van der Waals surface area contributed by atoms with Crippen LogP contribution in [0.1, 0.15) is 29.0 Å². The summed E-state index contributed by atoms with van der Waals surface area (Å²) >= 11 is 0. The van der Waals surface area contributed by atoms with Crippen molar-refractivity contribution in [3.8, 4) is 5.75 Å². The Bertz CT molecular complexity index is 892. The number of carbonyl (C=O) groups excluding carboxylic acids is 2. The van der Waals surface area contributed by atoms with Gasteiger partial charge >= 0.3 is 0 Å². The zero-order valence-corrected chi connectivity index (χ0v) is 15.4. The van der Waals surface area contributed by atoms with Crippen LogP contribution in [-0.2, 0) is 11.3 Å². The number of hydrogen-bond donors (Lipinski definition) is 2. The van der Waals surface area contributed by atoms with Gasteiger partial charge in [0.1, 0.15) is 11.5 Å². The molecule has 0 radical (unpaired) electrons.